The molecule has 186 valence electrons. The maximum Gasteiger partial charge on any atom is 0.157 e. The average Bonchev–Trinajstić information content (AvgIpc) is 3.31. The van der Waals surface area contributed by atoms with E-state index in [0.29, 0.717) is 0 Å². The van der Waals surface area contributed by atoms with Crippen molar-refractivity contribution in [2.45, 2.75) is 32.2 Å². The van der Waals surface area contributed by atoms with E-state index >= 15 is 0 Å². The highest BCUT2D eigenvalue weighted by molar-refractivity contribution is 5.86. The molecule has 8 nitrogen and oxygen atoms in total. The number of benzene rings is 1. The summed E-state index contributed by atoms with van der Waals surface area (Å²) in [6, 6.07) is 13.2. The van der Waals surface area contributed by atoms with Crippen molar-refractivity contribution >= 4 is 22.5 Å². The smallest absolute Gasteiger partial charge is 0.157 e. The topological polar surface area (TPSA) is 83.8 Å². The molecule has 0 atom stereocenters. The molecule has 0 radical (unpaired) electrons. The summed E-state index contributed by atoms with van der Waals surface area (Å²) >= 11 is 0. The number of ether oxygens (including phenoxy) is 1. The number of hydrogen-bond acceptors (Lipinski definition) is 7. The van der Waals surface area contributed by atoms with Crippen LogP contribution in [0.2, 0.25) is 0 Å². The Morgan fingerprint density at radius 2 is 1.72 bits per heavy atom. The quantitative estimate of drug-likeness (QED) is 0.551. The van der Waals surface area contributed by atoms with Crippen LogP contribution in [-0.2, 0) is 17.7 Å². The number of aromatic nitrogens is 2. The molecule has 3 aliphatic rings. The van der Waals surface area contributed by atoms with Crippen molar-refractivity contribution in [3.8, 4) is 12.1 Å². The van der Waals surface area contributed by atoms with Crippen molar-refractivity contribution in [2.24, 2.45) is 5.92 Å². The number of nitriles is 2. The fourth-order valence-corrected chi connectivity index (χ4v) is 6.18. The summed E-state index contributed by atoms with van der Waals surface area (Å²) in [4.78, 5) is 12.4. The SMILES string of the molecule is N#Cc1c2c(c(N3CCC(C#N)CC3)n3c1nc1ccccc13)CN(CCCN1CCOCC1)CC2. The average molecular weight is 484 g/mol. The molecule has 0 saturated carbocycles. The molecule has 2 fully saturated rings. The standard InChI is InChI=1S/C28H33N7O/c29-18-21-6-12-34(13-7-21)28-24-20-33(10-3-9-32-14-16-36-17-15-32)11-8-22(24)23(19-30)27-31-25-4-1-2-5-26(25)35(27)28/h1-2,4-5,21H,3,6-17,20H2. The molecule has 2 saturated heterocycles. The molecule has 0 unspecified atom stereocenters. The summed E-state index contributed by atoms with van der Waals surface area (Å²) in [5.41, 5.74) is 5.92. The number of fused-ring (bicyclic) bond motifs is 4. The van der Waals surface area contributed by atoms with E-state index in [1.54, 1.807) is 0 Å². The molecule has 3 aromatic rings. The number of para-hydroxylation sites is 2. The Balaban J connectivity index is 1.37. The number of morpholine rings is 1. The molecule has 3 aliphatic heterocycles. The van der Waals surface area contributed by atoms with E-state index in [1.165, 1.54) is 16.9 Å². The van der Waals surface area contributed by atoms with E-state index in [2.05, 4.69) is 37.3 Å². The number of pyridine rings is 1. The van der Waals surface area contributed by atoms with E-state index in [9.17, 15) is 10.5 Å². The number of rotatable bonds is 5. The molecule has 0 aliphatic carbocycles. The van der Waals surface area contributed by atoms with Crippen LogP contribution in [-0.4, -0.2) is 78.2 Å². The second kappa shape index (κ2) is 10.1. The molecule has 5 heterocycles. The second-order valence-corrected chi connectivity index (χ2v) is 10.3. The summed E-state index contributed by atoms with van der Waals surface area (Å²) in [6.45, 7) is 9.44. The van der Waals surface area contributed by atoms with Crippen LogP contribution in [0, 0.1) is 28.6 Å². The summed E-state index contributed by atoms with van der Waals surface area (Å²) in [5, 5.41) is 19.7. The highest BCUT2D eigenvalue weighted by atomic mass is 16.5. The van der Waals surface area contributed by atoms with Gasteiger partial charge in [-0.25, -0.2) is 4.98 Å². The van der Waals surface area contributed by atoms with Crippen molar-refractivity contribution in [2.75, 3.05) is 63.9 Å². The first kappa shape index (κ1) is 23.2. The van der Waals surface area contributed by atoms with Crippen LogP contribution in [0.4, 0.5) is 5.82 Å². The van der Waals surface area contributed by atoms with Crippen LogP contribution in [0.3, 0.4) is 0 Å². The summed E-state index contributed by atoms with van der Waals surface area (Å²) in [6.07, 6.45) is 3.77. The van der Waals surface area contributed by atoms with Gasteiger partial charge in [0, 0.05) is 50.7 Å². The number of nitrogens with zero attached hydrogens (tertiary/aromatic N) is 7. The van der Waals surface area contributed by atoms with E-state index in [-0.39, 0.29) is 5.92 Å². The molecule has 0 bridgehead atoms. The Bertz CT molecular complexity index is 1340. The third-order valence-electron chi connectivity index (χ3n) is 8.13. The minimum Gasteiger partial charge on any atom is -0.379 e. The second-order valence-electron chi connectivity index (χ2n) is 10.3. The predicted molar refractivity (Wildman–Crippen MR) is 139 cm³/mol. The van der Waals surface area contributed by atoms with Gasteiger partial charge in [0.1, 0.15) is 11.9 Å². The summed E-state index contributed by atoms with van der Waals surface area (Å²) in [5.74, 6) is 1.31. The largest absolute Gasteiger partial charge is 0.379 e. The van der Waals surface area contributed by atoms with Crippen LogP contribution >= 0.6 is 0 Å². The highest BCUT2D eigenvalue weighted by Crippen LogP contribution is 2.38. The molecule has 0 N–H and O–H groups in total. The third kappa shape index (κ3) is 4.20. The van der Waals surface area contributed by atoms with Gasteiger partial charge in [-0.3, -0.25) is 14.2 Å². The Kier molecular flexibility index (Phi) is 6.50. The Hall–Kier alpha value is -3.17. The Morgan fingerprint density at radius 1 is 0.944 bits per heavy atom. The van der Waals surface area contributed by atoms with Crippen LogP contribution < -0.4 is 4.90 Å². The van der Waals surface area contributed by atoms with E-state index < -0.39 is 0 Å². The lowest BCUT2D eigenvalue weighted by molar-refractivity contribution is 0.0359. The summed E-state index contributed by atoms with van der Waals surface area (Å²) in [7, 11) is 0. The van der Waals surface area contributed by atoms with Gasteiger partial charge in [-0.2, -0.15) is 10.5 Å². The first-order chi connectivity index (χ1) is 17.8. The zero-order valence-electron chi connectivity index (χ0n) is 20.8. The van der Waals surface area contributed by atoms with Gasteiger partial charge in [0.15, 0.2) is 5.65 Å². The van der Waals surface area contributed by atoms with Gasteiger partial charge >= 0.3 is 0 Å². The molecule has 8 heteroatoms. The van der Waals surface area contributed by atoms with Crippen molar-refractivity contribution in [3.63, 3.8) is 0 Å². The maximum absolute atomic E-state index is 10.3. The minimum atomic E-state index is 0.127. The fourth-order valence-electron chi connectivity index (χ4n) is 6.18. The molecular formula is C28H33N7O. The van der Waals surface area contributed by atoms with Gasteiger partial charge in [0.25, 0.3) is 0 Å². The zero-order valence-corrected chi connectivity index (χ0v) is 20.8. The Morgan fingerprint density at radius 3 is 2.50 bits per heavy atom. The lowest BCUT2D eigenvalue weighted by Crippen LogP contribution is -2.40. The van der Waals surface area contributed by atoms with E-state index in [1.807, 2.05) is 18.2 Å². The van der Waals surface area contributed by atoms with Gasteiger partial charge in [-0.05, 0) is 56.5 Å². The van der Waals surface area contributed by atoms with Gasteiger partial charge in [-0.1, -0.05) is 12.1 Å². The normalized spacial score (nSPS) is 19.9. The van der Waals surface area contributed by atoms with Crippen LogP contribution in [0.5, 0.6) is 0 Å². The zero-order chi connectivity index (χ0) is 24.5. The third-order valence-corrected chi connectivity index (χ3v) is 8.13. The number of imidazole rings is 1. The van der Waals surface area contributed by atoms with Crippen molar-refractivity contribution < 1.29 is 4.74 Å². The molecule has 6 rings (SSSR count). The Labute approximate surface area is 212 Å². The van der Waals surface area contributed by atoms with E-state index in [4.69, 9.17) is 9.72 Å². The lowest BCUT2D eigenvalue weighted by atomic mass is 9.93. The highest BCUT2D eigenvalue weighted by Gasteiger charge is 2.31. The summed E-state index contributed by atoms with van der Waals surface area (Å²) < 4.78 is 7.72. The predicted octanol–water partition coefficient (Wildman–Crippen LogP) is 3.18. The molecular weight excluding hydrogens is 450 g/mol. The van der Waals surface area contributed by atoms with Crippen molar-refractivity contribution in [3.05, 3.63) is 41.0 Å². The fraction of sp³-hybridized carbons (Fsp3) is 0.536. The molecule has 0 spiro atoms. The first-order valence-electron chi connectivity index (χ1n) is 13.3. The molecule has 36 heavy (non-hydrogen) atoms. The first-order valence-corrected chi connectivity index (χ1v) is 13.3. The van der Waals surface area contributed by atoms with Crippen molar-refractivity contribution in [1.82, 2.24) is 19.2 Å². The minimum absolute atomic E-state index is 0.127. The van der Waals surface area contributed by atoms with Gasteiger partial charge in [0.2, 0.25) is 0 Å². The molecule has 2 aromatic heterocycles. The van der Waals surface area contributed by atoms with Gasteiger partial charge < -0.3 is 9.64 Å². The van der Waals surface area contributed by atoms with Crippen molar-refractivity contribution in [1.29, 1.82) is 10.5 Å². The molecule has 0 amide bonds. The number of piperidine rings is 1. The number of anilines is 1. The van der Waals surface area contributed by atoms with E-state index in [0.717, 1.165) is 113 Å². The monoisotopic (exact) mass is 483 g/mol. The van der Waals surface area contributed by atoms with Gasteiger partial charge in [-0.15, -0.1) is 0 Å². The van der Waals surface area contributed by atoms with Gasteiger partial charge in [0.05, 0.1) is 35.9 Å². The van der Waals surface area contributed by atoms with Crippen LogP contribution in [0.25, 0.3) is 16.7 Å². The van der Waals surface area contributed by atoms with Crippen LogP contribution in [0.15, 0.2) is 24.3 Å². The molecule has 1 aromatic carbocycles. The number of hydrogen-bond donors (Lipinski definition) is 0. The maximum atomic E-state index is 10.3. The lowest BCUT2D eigenvalue weighted by Gasteiger charge is -2.37. The van der Waals surface area contributed by atoms with Crippen LogP contribution in [0.1, 0.15) is 36.0 Å².